The predicted octanol–water partition coefficient (Wildman–Crippen LogP) is 2.52. The zero-order valence-corrected chi connectivity index (χ0v) is 11.8. The van der Waals surface area contributed by atoms with E-state index in [1.807, 2.05) is 24.3 Å². The number of nitrogens with zero attached hydrogens (tertiary/aromatic N) is 4. The number of nitriles is 1. The Balaban J connectivity index is 1.75. The van der Waals surface area contributed by atoms with E-state index >= 15 is 0 Å². The first kappa shape index (κ1) is 13.6. The van der Waals surface area contributed by atoms with Crippen LogP contribution in [0, 0.1) is 11.3 Å². The maximum Gasteiger partial charge on any atom is 0.137 e. The largest absolute Gasteiger partial charge is 0.399 e. The van der Waals surface area contributed by atoms with Gasteiger partial charge in [0.25, 0.3) is 0 Å². The number of aromatic nitrogens is 3. The Labute approximate surface area is 127 Å². The van der Waals surface area contributed by atoms with Crippen molar-refractivity contribution in [3.8, 4) is 6.07 Å². The average molecular weight is 290 g/mol. The Bertz CT molecular complexity index is 800. The number of rotatable bonds is 4. The highest BCUT2D eigenvalue weighted by molar-refractivity contribution is 5.69. The maximum atomic E-state index is 9.15. The van der Waals surface area contributed by atoms with Crippen molar-refractivity contribution in [1.82, 2.24) is 14.8 Å². The van der Waals surface area contributed by atoms with Crippen LogP contribution in [-0.2, 0) is 6.54 Å². The Morgan fingerprint density at radius 1 is 1.18 bits per heavy atom. The van der Waals surface area contributed by atoms with Crippen molar-refractivity contribution in [2.75, 3.05) is 11.1 Å². The second-order valence-electron chi connectivity index (χ2n) is 4.83. The van der Waals surface area contributed by atoms with Gasteiger partial charge in [-0.2, -0.15) is 10.4 Å². The molecule has 0 aliphatic carbocycles. The van der Waals surface area contributed by atoms with E-state index < -0.39 is 0 Å². The molecule has 0 spiro atoms. The van der Waals surface area contributed by atoms with Crippen LogP contribution in [0.15, 0.2) is 55.1 Å². The molecule has 0 radical (unpaired) electrons. The quantitative estimate of drug-likeness (QED) is 0.720. The molecule has 6 nitrogen and oxygen atoms in total. The van der Waals surface area contributed by atoms with Gasteiger partial charge in [0.2, 0.25) is 0 Å². The molecule has 6 heteroatoms. The molecule has 0 fully saturated rings. The third kappa shape index (κ3) is 3.04. The molecule has 108 valence electrons. The standard InChI is InChI=1S/C16H14N6/c17-8-13-7-14(18)3-6-16(13)21-15-4-1-12(2-5-15)9-22-11-19-10-20-22/h1-7,10-11,21H,9,18H2. The highest BCUT2D eigenvalue weighted by Gasteiger charge is 2.03. The fraction of sp³-hybridized carbons (Fsp3) is 0.0625. The molecule has 2 aromatic carbocycles. The summed E-state index contributed by atoms with van der Waals surface area (Å²) in [6.07, 6.45) is 3.19. The molecule has 1 aromatic heterocycles. The molecule has 0 atom stereocenters. The summed E-state index contributed by atoms with van der Waals surface area (Å²) in [5, 5.41) is 16.4. The van der Waals surface area contributed by atoms with E-state index in [4.69, 9.17) is 11.0 Å². The Hall–Kier alpha value is -3.33. The van der Waals surface area contributed by atoms with Gasteiger partial charge in [0.05, 0.1) is 17.8 Å². The lowest BCUT2D eigenvalue weighted by molar-refractivity contribution is 0.685. The molecular formula is C16H14N6. The van der Waals surface area contributed by atoms with Crippen molar-refractivity contribution in [3.05, 3.63) is 66.2 Å². The first-order valence-electron chi connectivity index (χ1n) is 6.72. The van der Waals surface area contributed by atoms with E-state index in [1.165, 1.54) is 6.33 Å². The monoisotopic (exact) mass is 290 g/mol. The molecule has 0 unspecified atom stereocenters. The van der Waals surface area contributed by atoms with Gasteiger partial charge in [0, 0.05) is 11.4 Å². The zero-order chi connectivity index (χ0) is 15.4. The second-order valence-corrected chi connectivity index (χ2v) is 4.83. The van der Waals surface area contributed by atoms with Gasteiger partial charge in [0.1, 0.15) is 18.7 Å². The lowest BCUT2D eigenvalue weighted by Crippen LogP contribution is -2.00. The van der Waals surface area contributed by atoms with Crippen LogP contribution < -0.4 is 11.1 Å². The van der Waals surface area contributed by atoms with Crippen molar-refractivity contribution in [2.45, 2.75) is 6.54 Å². The van der Waals surface area contributed by atoms with Crippen LogP contribution in [0.5, 0.6) is 0 Å². The maximum absolute atomic E-state index is 9.15. The van der Waals surface area contributed by atoms with Crippen LogP contribution in [-0.4, -0.2) is 14.8 Å². The van der Waals surface area contributed by atoms with Crippen LogP contribution in [0.4, 0.5) is 17.1 Å². The van der Waals surface area contributed by atoms with Gasteiger partial charge in [-0.3, -0.25) is 0 Å². The van der Waals surface area contributed by atoms with Gasteiger partial charge in [-0.1, -0.05) is 12.1 Å². The third-order valence-corrected chi connectivity index (χ3v) is 3.21. The van der Waals surface area contributed by atoms with Crippen LogP contribution >= 0.6 is 0 Å². The molecule has 3 rings (SSSR count). The first-order chi connectivity index (χ1) is 10.7. The van der Waals surface area contributed by atoms with Gasteiger partial charge in [-0.25, -0.2) is 9.67 Å². The summed E-state index contributed by atoms with van der Waals surface area (Å²) in [4.78, 5) is 3.92. The summed E-state index contributed by atoms with van der Waals surface area (Å²) in [5.41, 5.74) is 9.55. The van der Waals surface area contributed by atoms with Crippen molar-refractivity contribution >= 4 is 17.1 Å². The Morgan fingerprint density at radius 3 is 2.68 bits per heavy atom. The number of hydrogen-bond acceptors (Lipinski definition) is 5. The smallest absolute Gasteiger partial charge is 0.137 e. The van der Waals surface area contributed by atoms with Gasteiger partial charge < -0.3 is 11.1 Å². The van der Waals surface area contributed by atoms with E-state index in [1.54, 1.807) is 29.2 Å². The van der Waals surface area contributed by atoms with Crippen molar-refractivity contribution in [2.24, 2.45) is 0 Å². The van der Waals surface area contributed by atoms with Gasteiger partial charge in [-0.05, 0) is 35.9 Å². The third-order valence-electron chi connectivity index (χ3n) is 3.21. The Morgan fingerprint density at radius 2 is 2.00 bits per heavy atom. The van der Waals surface area contributed by atoms with Crippen molar-refractivity contribution in [1.29, 1.82) is 5.26 Å². The summed E-state index contributed by atoms with van der Waals surface area (Å²) >= 11 is 0. The molecule has 22 heavy (non-hydrogen) atoms. The average Bonchev–Trinajstić information content (AvgIpc) is 3.04. The molecule has 0 aliphatic heterocycles. The fourth-order valence-corrected chi connectivity index (χ4v) is 2.11. The van der Waals surface area contributed by atoms with Crippen molar-refractivity contribution in [3.63, 3.8) is 0 Å². The highest BCUT2D eigenvalue weighted by Crippen LogP contribution is 2.23. The molecule has 0 amide bonds. The SMILES string of the molecule is N#Cc1cc(N)ccc1Nc1ccc(Cn2cncn2)cc1. The molecule has 0 saturated carbocycles. The molecule has 0 aliphatic rings. The predicted molar refractivity (Wildman–Crippen MR) is 84.4 cm³/mol. The van der Waals surface area contributed by atoms with E-state index in [-0.39, 0.29) is 0 Å². The van der Waals surface area contributed by atoms with E-state index in [0.717, 1.165) is 16.9 Å². The molecule has 3 N–H and O–H groups in total. The lowest BCUT2D eigenvalue weighted by atomic mass is 10.1. The van der Waals surface area contributed by atoms with Crippen LogP contribution in [0.3, 0.4) is 0 Å². The number of nitrogens with two attached hydrogens (primary N) is 1. The fourth-order valence-electron chi connectivity index (χ4n) is 2.11. The molecular weight excluding hydrogens is 276 g/mol. The lowest BCUT2D eigenvalue weighted by Gasteiger charge is -2.09. The zero-order valence-electron chi connectivity index (χ0n) is 11.8. The van der Waals surface area contributed by atoms with E-state index in [0.29, 0.717) is 17.8 Å². The topological polar surface area (TPSA) is 92.6 Å². The minimum atomic E-state index is 0.520. The number of anilines is 3. The number of hydrogen-bond donors (Lipinski definition) is 2. The van der Waals surface area contributed by atoms with Crippen LogP contribution in [0.25, 0.3) is 0 Å². The molecule has 3 aromatic rings. The summed E-state index contributed by atoms with van der Waals surface area (Å²) in [6.45, 7) is 0.672. The van der Waals surface area contributed by atoms with Crippen LogP contribution in [0.2, 0.25) is 0 Å². The molecule has 0 saturated heterocycles. The number of nitrogen functional groups attached to an aromatic ring is 1. The first-order valence-corrected chi connectivity index (χ1v) is 6.72. The minimum Gasteiger partial charge on any atom is -0.399 e. The van der Waals surface area contributed by atoms with E-state index in [2.05, 4.69) is 21.5 Å². The number of benzene rings is 2. The van der Waals surface area contributed by atoms with Crippen molar-refractivity contribution < 1.29 is 0 Å². The summed E-state index contributed by atoms with van der Waals surface area (Å²) in [6, 6.07) is 15.3. The summed E-state index contributed by atoms with van der Waals surface area (Å²) in [7, 11) is 0. The van der Waals surface area contributed by atoms with Crippen LogP contribution in [0.1, 0.15) is 11.1 Å². The van der Waals surface area contributed by atoms with Gasteiger partial charge >= 0.3 is 0 Å². The molecule has 0 bridgehead atoms. The van der Waals surface area contributed by atoms with Gasteiger partial charge in [0.15, 0.2) is 0 Å². The Kier molecular flexibility index (Phi) is 3.70. The van der Waals surface area contributed by atoms with Gasteiger partial charge in [-0.15, -0.1) is 0 Å². The normalized spacial score (nSPS) is 10.1. The molecule has 1 heterocycles. The summed E-state index contributed by atoms with van der Waals surface area (Å²) in [5.74, 6) is 0. The summed E-state index contributed by atoms with van der Waals surface area (Å²) < 4.78 is 1.76. The minimum absolute atomic E-state index is 0.520. The number of nitrogens with one attached hydrogen (secondary N) is 1. The second kappa shape index (κ2) is 5.97. The van der Waals surface area contributed by atoms with E-state index in [9.17, 15) is 0 Å². The highest BCUT2D eigenvalue weighted by atomic mass is 15.3.